The third-order valence-corrected chi connectivity index (χ3v) is 5.85. The highest BCUT2D eigenvalue weighted by Gasteiger charge is 2.39. The van der Waals surface area contributed by atoms with Crippen LogP contribution in [-0.2, 0) is 0 Å². The summed E-state index contributed by atoms with van der Waals surface area (Å²) < 4.78 is 0. The lowest BCUT2D eigenvalue weighted by Crippen LogP contribution is -2.37. The molecule has 0 nitrogen and oxygen atoms in total. The molecule has 2 fully saturated rings. The van der Waals surface area contributed by atoms with E-state index in [0.717, 1.165) is 18.3 Å². The molecule has 2 rings (SSSR count). The Labute approximate surface area is 127 Å². The van der Waals surface area contributed by atoms with E-state index in [-0.39, 0.29) is 0 Å². The standard InChI is InChI=1S/C19H35B/c1-5-18(19(2,3)4)20(16-12-8-6-9-13-16)17-14-10-7-11-15-17/h5,16-17H,6-15H2,1-4H3/b18-5+. The van der Waals surface area contributed by atoms with Gasteiger partial charge in [-0.05, 0) is 12.3 Å². The highest BCUT2D eigenvalue weighted by Crippen LogP contribution is 2.47. The van der Waals surface area contributed by atoms with E-state index in [9.17, 15) is 0 Å². The Kier molecular flexibility index (Phi) is 5.81. The van der Waals surface area contributed by atoms with Crippen molar-refractivity contribution in [1.29, 1.82) is 0 Å². The summed E-state index contributed by atoms with van der Waals surface area (Å²) in [5, 5.41) is 0. The van der Waals surface area contributed by atoms with Crippen molar-refractivity contribution >= 4 is 6.71 Å². The van der Waals surface area contributed by atoms with E-state index in [4.69, 9.17) is 0 Å². The molecule has 0 N–H and O–H groups in total. The monoisotopic (exact) mass is 274 g/mol. The predicted molar refractivity (Wildman–Crippen MR) is 92.6 cm³/mol. The maximum atomic E-state index is 2.48. The normalized spacial score (nSPS) is 23.9. The molecule has 2 aliphatic carbocycles. The first-order valence-electron chi connectivity index (χ1n) is 9.20. The molecule has 0 aliphatic heterocycles. The number of hydrogen-bond acceptors (Lipinski definition) is 0. The Morgan fingerprint density at radius 2 is 1.20 bits per heavy atom. The summed E-state index contributed by atoms with van der Waals surface area (Å²) in [4.78, 5) is 0. The van der Waals surface area contributed by atoms with Crippen molar-refractivity contribution in [3.63, 3.8) is 0 Å². The summed E-state index contributed by atoms with van der Waals surface area (Å²) in [5.74, 6) is 1.97. The summed E-state index contributed by atoms with van der Waals surface area (Å²) in [6.45, 7) is 10.5. The van der Waals surface area contributed by atoms with Crippen molar-refractivity contribution in [1.82, 2.24) is 0 Å². The quantitative estimate of drug-likeness (QED) is 0.503. The Hall–Kier alpha value is -0.195. The SMILES string of the molecule is C/C=C(/B(C1CCCCC1)C1CCCCC1)C(C)(C)C. The van der Waals surface area contributed by atoms with Crippen LogP contribution in [0.4, 0.5) is 0 Å². The van der Waals surface area contributed by atoms with Gasteiger partial charge in [0.05, 0.1) is 0 Å². The van der Waals surface area contributed by atoms with E-state index < -0.39 is 0 Å². The molecule has 0 aromatic carbocycles. The van der Waals surface area contributed by atoms with Crippen LogP contribution in [0.2, 0.25) is 11.6 Å². The zero-order chi connectivity index (χ0) is 14.6. The molecule has 0 atom stereocenters. The predicted octanol–water partition coefficient (Wildman–Crippen LogP) is 6.68. The first-order valence-corrected chi connectivity index (χ1v) is 9.20. The maximum absolute atomic E-state index is 2.48. The van der Waals surface area contributed by atoms with Crippen LogP contribution in [0.15, 0.2) is 11.5 Å². The number of allylic oxidation sites excluding steroid dienone is 2. The molecule has 114 valence electrons. The second kappa shape index (κ2) is 7.18. The highest BCUT2D eigenvalue weighted by molar-refractivity contribution is 6.70. The number of rotatable bonds is 3. The van der Waals surface area contributed by atoms with E-state index in [0.29, 0.717) is 5.41 Å². The molecule has 0 bridgehead atoms. The van der Waals surface area contributed by atoms with Gasteiger partial charge in [0.25, 0.3) is 0 Å². The third kappa shape index (κ3) is 3.92. The summed E-state index contributed by atoms with van der Waals surface area (Å²) in [5.41, 5.74) is 2.13. The van der Waals surface area contributed by atoms with Crippen LogP contribution in [0, 0.1) is 5.41 Å². The van der Waals surface area contributed by atoms with Crippen LogP contribution in [0.3, 0.4) is 0 Å². The van der Waals surface area contributed by atoms with E-state index in [1.807, 2.05) is 0 Å². The van der Waals surface area contributed by atoms with Gasteiger partial charge in [0, 0.05) is 0 Å². The average molecular weight is 274 g/mol. The molecule has 20 heavy (non-hydrogen) atoms. The van der Waals surface area contributed by atoms with Crippen molar-refractivity contribution in [2.75, 3.05) is 0 Å². The van der Waals surface area contributed by atoms with Gasteiger partial charge in [-0.1, -0.05) is 108 Å². The topological polar surface area (TPSA) is 0 Å². The van der Waals surface area contributed by atoms with Gasteiger partial charge in [-0.15, -0.1) is 0 Å². The van der Waals surface area contributed by atoms with E-state index in [1.165, 1.54) is 64.2 Å². The smallest absolute Gasteiger partial charge is 0.0995 e. The van der Waals surface area contributed by atoms with Gasteiger partial charge < -0.3 is 0 Å². The number of hydrogen-bond donors (Lipinski definition) is 0. The van der Waals surface area contributed by atoms with Crippen LogP contribution >= 0.6 is 0 Å². The molecule has 2 saturated carbocycles. The molecule has 0 amide bonds. The first kappa shape index (κ1) is 16.2. The lowest BCUT2D eigenvalue weighted by atomic mass is 9.25. The van der Waals surface area contributed by atoms with E-state index in [1.54, 1.807) is 5.47 Å². The minimum absolute atomic E-state index is 0.355. The van der Waals surface area contributed by atoms with Crippen LogP contribution < -0.4 is 0 Å². The molecule has 0 spiro atoms. The Morgan fingerprint density at radius 3 is 1.50 bits per heavy atom. The summed E-state index contributed by atoms with van der Waals surface area (Å²) in [6.07, 6.45) is 17.3. The van der Waals surface area contributed by atoms with Gasteiger partial charge in [0.2, 0.25) is 0 Å². The third-order valence-electron chi connectivity index (χ3n) is 5.85. The molecule has 2 aliphatic rings. The fraction of sp³-hybridized carbons (Fsp3) is 0.895. The molecule has 0 aromatic heterocycles. The molecule has 0 saturated heterocycles. The minimum Gasteiger partial charge on any atom is -0.0995 e. The molecule has 0 radical (unpaired) electrons. The minimum atomic E-state index is 0.355. The zero-order valence-corrected chi connectivity index (χ0v) is 14.4. The second-order valence-corrected chi connectivity index (χ2v) is 8.32. The Morgan fingerprint density at radius 1 is 0.800 bits per heavy atom. The molecular formula is C19H35B. The van der Waals surface area contributed by atoms with E-state index >= 15 is 0 Å². The molecule has 1 heteroatoms. The first-order chi connectivity index (χ1) is 9.54. The van der Waals surface area contributed by atoms with Gasteiger partial charge in [0.1, 0.15) is 0 Å². The van der Waals surface area contributed by atoms with Crippen molar-refractivity contribution < 1.29 is 0 Å². The fourth-order valence-corrected chi connectivity index (χ4v) is 5.00. The molecule has 0 unspecified atom stereocenters. The van der Waals surface area contributed by atoms with Crippen molar-refractivity contribution in [2.24, 2.45) is 5.41 Å². The molecule has 0 aromatic rings. The van der Waals surface area contributed by atoms with Gasteiger partial charge >= 0.3 is 0 Å². The largest absolute Gasteiger partial charge is 0.177 e. The van der Waals surface area contributed by atoms with Gasteiger partial charge in [0.15, 0.2) is 6.71 Å². The van der Waals surface area contributed by atoms with Crippen molar-refractivity contribution in [3.8, 4) is 0 Å². The summed E-state index contributed by atoms with van der Waals surface area (Å²) >= 11 is 0. The van der Waals surface area contributed by atoms with Gasteiger partial charge in [-0.3, -0.25) is 0 Å². The maximum Gasteiger partial charge on any atom is 0.177 e. The van der Waals surface area contributed by atoms with Crippen molar-refractivity contribution in [3.05, 3.63) is 11.5 Å². The molecule has 0 heterocycles. The van der Waals surface area contributed by atoms with Crippen LogP contribution in [-0.4, -0.2) is 6.71 Å². The average Bonchev–Trinajstić information content (AvgIpc) is 2.45. The zero-order valence-electron chi connectivity index (χ0n) is 14.4. The van der Waals surface area contributed by atoms with E-state index in [2.05, 4.69) is 33.8 Å². The Bertz CT molecular complexity index is 293. The van der Waals surface area contributed by atoms with Crippen LogP contribution in [0.5, 0.6) is 0 Å². The van der Waals surface area contributed by atoms with Crippen LogP contribution in [0.1, 0.15) is 91.9 Å². The Balaban J connectivity index is 2.22. The molecular weight excluding hydrogens is 239 g/mol. The van der Waals surface area contributed by atoms with Crippen molar-refractivity contribution in [2.45, 2.75) is 104 Å². The van der Waals surface area contributed by atoms with Gasteiger partial charge in [-0.25, -0.2) is 0 Å². The lowest BCUT2D eigenvalue weighted by molar-refractivity contribution is 0.451. The summed E-state index contributed by atoms with van der Waals surface area (Å²) in [6, 6.07) is 0. The van der Waals surface area contributed by atoms with Gasteiger partial charge in [-0.2, -0.15) is 0 Å². The van der Waals surface area contributed by atoms with Crippen LogP contribution in [0.25, 0.3) is 0 Å². The lowest BCUT2D eigenvalue weighted by Gasteiger charge is -2.41. The summed E-state index contributed by atoms with van der Waals surface area (Å²) in [7, 11) is 0. The highest BCUT2D eigenvalue weighted by atomic mass is 14.3. The second-order valence-electron chi connectivity index (χ2n) is 8.32. The fourth-order valence-electron chi connectivity index (χ4n) is 5.00.